The van der Waals surface area contributed by atoms with Crippen LogP contribution in [0.1, 0.15) is 18.9 Å². The van der Waals surface area contributed by atoms with E-state index in [1.807, 2.05) is 18.2 Å². The van der Waals surface area contributed by atoms with Gasteiger partial charge in [0.15, 0.2) is 0 Å². The lowest BCUT2D eigenvalue weighted by molar-refractivity contribution is 0.285. The number of halogens is 1. The van der Waals surface area contributed by atoms with Crippen LogP contribution in [-0.4, -0.2) is 25.1 Å². The van der Waals surface area contributed by atoms with E-state index >= 15 is 0 Å². The van der Waals surface area contributed by atoms with E-state index in [9.17, 15) is 0 Å². The van der Waals surface area contributed by atoms with Crippen LogP contribution in [0.2, 0.25) is 0 Å². The van der Waals surface area contributed by atoms with Crippen LogP contribution < -0.4 is 4.74 Å². The molecular weight excluding hydrogens is 280 g/mol. The zero-order valence-corrected chi connectivity index (χ0v) is 11.8. The molecule has 0 spiro atoms. The molecule has 0 bridgehead atoms. The largest absolute Gasteiger partial charge is 0.497 e. The molecule has 3 nitrogen and oxygen atoms in total. The molecule has 0 unspecified atom stereocenters. The number of benzene rings is 1. The van der Waals surface area contributed by atoms with Crippen molar-refractivity contribution in [3.05, 3.63) is 28.2 Å². The van der Waals surface area contributed by atoms with Gasteiger partial charge in [-0.1, -0.05) is 22.9 Å². The maximum Gasteiger partial charge on any atom is 0.119 e. The summed E-state index contributed by atoms with van der Waals surface area (Å²) in [4.78, 5) is 2.24. The summed E-state index contributed by atoms with van der Waals surface area (Å²) in [7, 11) is 1.67. The van der Waals surface area contributed by atoms with Crippen LogP contribution >= 0.6 is 15.9 Å². The van der Waals surface area contributed by atoms with Crippen LogP contribution in [0.25, 0.3) is 0 Å². The minimum atomic E-state index is 0.565. The van der Waals surface area contributed by atoms with Gasteiger partial charge in [-0.05, 0) is 30.3 Å². The molecule has 1 aromatic carbocycles. The lowest BCUT2D eigenvalue weighted by atomic mass is 10.2. The van der Waals surface area contributed by atoms with E-state index in [-0.39, 0.29) is 0 Å². The minimum Gasteiger partial charge on any atom is -0.497 e. The van der Waals surface area contributed by atoms with E-state index in [2.05, 4.69) is 33.8 Å². The lowest BCUT2D eigenvalue weighted by Gasteiger charge is -2.20. The first kappa shape index (κ1) is 14.0. The number of nitriles is 1. The highest BCUT2D eigenvalue weighted by molar-refractivity contribution is 9.10. The summed E-state index contributed by atoms with van der Waals surface area (Å²) in [5.41, 5.74) is 1.18. The van der Waals surface area contributed by atoms with Gasteiger partial charge in [0.25, 0.3) is 0 Å². The van der Waals surface area contributed by atoms with Crippen LogP contribution in [0.5, 0.6) is 5.75 Å². The van der Waals surface area contributed by atoms with Crippen molar-refractivity contribution in [2.24, 2.45) is 0 Å². The van der Waals surface area contributed by atoms with E-state index in [0.717, 1.165) is 29.9 Å². The van der Waals surface area contributed by atoms with Crippen molar-refractivity contribution in [1.82, 2.24) is 4.90 Å². The predicted molar refractivity (Wildman–Crippen MR) is 71.9 cm³/mol. The van der Waals surface area contributed by atoms with Gasteiger partial charge in [-0.2, -0.15) is 5.26 Å². The highest BCUT2D eigenvalue weighted by Crippen LogP contribution is 2.23. The molecule has 1 rings (SSSR count). The van der Waals surface area contributed by atoms with Crippen LogP contribution in [-0.2, 0) is 6.54 Å². The van der Waals surface area contributed by atoms with E-state index in [1.165, 1.54) is 5.56 Å². The van der Waals surface area contributed by atoms with Crippen LogP contribution in [0.4, 0.5) is 0 Å². The minimum absolute atomic E-state index is 0.565. The quantitative estimate of drug-likeness (QED) is 0.809. The molecule has 0 fully saturated rings. The molecule has 0 N–H and O–H groups in total. The highest BCUT2D eigenvalue weighted by Gasteiger charge is 2.07. The van der Waals surface area contributed by atoms with Gasteiger partial charge < -0.3 is 4.74 Å². The zero-order chi connectivity index (χ0) is 12.7. The summed E-state index contributed by atoms with van der Waals surface area (Å²) in [6.45, 7) is 4.67. The Morgan fingerprint density at radius 2 is 2.24 bits per heavy atom. The Labute approximate surface area is 111 Å². The van der Waals surface area contributed by atoms with Crippen molar-refractivity contribution in [3.8, 4) is 11.8 Å². The van der Waals surface area contributed by atoms with Gasteiger partial charge in [-0.15, -0.1) is 0 Å². The second kappa shape index (κ2) is 7.31. The van der Waals surface area contributed by atoms with Gasteiger partial charge in [0.05, 0.1) is 13.2 Å². The van der Waals surface area contributed by atoms with Crippen molar-refractivity contribution in [3.63, 3.8) is 0 Å². The first-order valence-corrected chi connectivity index (χ1v) is 6.42. The van der Waals surface area contributed by atoms with Crippen molar-refractivity contribution < 1.29 is 4.74 Å². The van der Waals surface area contributed by atoms with Gasteiger partial charge in [0.1, 0.15) is 5.75 Å². The van der Waals surface area contributed by atoms with E-state index in [1.54, 1.807) is 7.11 Å². The van der Waals surface area contributed by atoms with Gasteiger partial charge in [0, 0.05) is 24.0 Å². The average Bonchev–Trinajstić information content (AvgIpc) is 2.36. The van der Waals surface area contributed by atoms with Crippen LogP contribution in [0.3, 0.4) is 0 Å². The van der Waals surface area contributed by atoms with Crippen molar-refractivity contribution in [2.45, 2.75) is 19.9 Å². The summed E-state index contributed by atoms with van der Waals surface area (Å²) in [6, 6.07) is 8.13. The Kier molecular flexibility index (Phi) is 6.03. The average molecular weight is 297 g/mol. The molecule has 0 radical (unpaired) electrons. The molecule has 0 saturated carbocycles. The number of methoxy groups -OCH3 is 1. The fourth-order valence-electron chi connectivity index (χ4n) is 1.60. The molecule has 0 atom stereocenters. The third-order valence-electron chi connectivity index (χ3n) is 2.63. The fourth-order valence-corrected chi connectivity index (χ4v) is 1.97. The number of hydrogen-bond donors (Lipinski definition) is 0. The Balaban J connectivity index is 2.74. The first-order valence-electron chi connectivity index (χ1n) is 5.63. The number of hydrogen-bond acceptors (Lipinski definition) is 3. The summed E-state index contributed by atoms with van der Waals surface area (Å²) in [5.74, 6) is 0.861. The lowest BCUT2D eigenvalue weighted by Crippen LogP contribution is -2.24. The molecule has 0 aliphatic heterocycles. The SMILES string of the molecule is CCN(CCC#N)Cc1cc(OC)ccc1Br. The van der Waals surface area contributed by atoms with Gasteiger partial charge in [-0.3, -0.25) is 4.90 Å². The van der Waals surface area contributed by atoms with Crippen LogP contribution in [0.15, 0.2) is 22.7 Å². The number of rotatable bonds is 6. The third-order valence-corrected chi connectivity index (χ3v) is 3.41. The van der Waals surface area contributed by atoms with E-state index in [0.29, 0.717) is 6.42 Å². The molecule has 1 aromatic rings. The molecule has 0 saturated heterocycles. The normalized spacial score (nSPS) is 10.3. The fraction of sp³-hybridized carbons (Fsp3) is 0.462. The molecule has 17 heavy (non-hydrogen) atoms. The van der Waals surface area contributed by atoms with Crippen molar-refractivity contribution >= 4 is 15.9 Å². The molecular formula is C13H17BrN2O. The number of ether oxygens (including phenoxy) is 1. The van der Waals surface area contributed by atoms with Crippen molar-refractivity contribution in [2.75, 3.05) is 20.2 Å². The Morgan fingerprint density at radius 3 is 2.82 bits per heavy atom. The van der Waals surface area contributed by atoms with E-state index < -0.39 is 0 Å². The molecule has 0 aromatic heterocycles. The van der Waals surface area contributed by atoms with Gasteiger partial charge in [-0.25, -0.2) is 0 Å². The van der Waals surface area contributed by atoms with Gasteiger partial charge in [0.2, 0.25) is 0 Å². The third kappa shape index (κ3) is 4.37. The molecule has 0 aliphatic rings. The Morgan fingerprint density at radius 1 is 1.47 bits per heavy atom. The number of nitrogens with zero attached hydrogens (tertiary/aromatic N) is 2. The topological polar surface area (TPSA) is 36.3 Å². The van der Waals surface area contributed by atoms with Gasteiger partial charge >= 0.3 is 0 Å². The summed E-state index contributed by atoms with van der Waals surface area (Å²) in [6.07, 6.45) is 0.565. The summed E-state index contributed by atoms with van der Waals surface area (Å²) in [5, 5.41) is 8.61. The highest BCUT2D eigenvalue weighted by atomic mass is 79.9. The molecule has 92 valence electrons. The smallest absolute Gasteiger partial charge is 0.119 e. The van der Waals surface area contributed by atoms with Crippen LogP contribution in [0, 0.1) is 11.3 Å². The van der Waals surface area contributed by atoms with E-state index in [4.69, 9.17) is 10.00 Å². The molecule has 4 heteroatoms. The summed E-state index contributed by atoms with van der Waals surface area (Å²) >= 11 is 3.54. The second-order valence-corrected chi connectivity index (χ2v) is 4.59. The first-order chi connectivity index (χ1) is 8.21. The zero-order valence-electron chi connectivity index (χ0n) is 10.2. The maximum atomic E-state index is 8.61. The predicted octanol–water partition coefficient (Wildman–Crippen LogP) is 3.19. The maximum absolute atomic E-state index is 8.61. The molecule has 0 aliphatic carbocycles. The molecule has 0 amide bonds. The Hall–Kier alpha value is -1.05. The standard InChI is InChI=1S/C13H17BrN2O/c1-3-16(8-4-7-15)10-11-9-12(17-2)5-6-13(11)14/h5-6,9H,3-4,8,10H2,1-2H3. The second-order valence-electron chi connectivity index (χ2n) is 3.73. The van der Waals surface area contributed by atoms with Crippen molar-refractivity contribution in [1.29, 1.82) is 5.26 Å². The Bertz CT molecular complexity index is 401. The summed E-state index contributed by atoms with van der Waals surface area (Å²) < 4.78 is 6.29. The molecule has 0 heterocycles. The monoisotopic (exact) mass is 296 g/mol.